The van der Waals surface area contributed by atoms with Gasteiger partial charge in [-0.25, -0.2) is 0 Å². The standard InChI is InChI=1S/C53H35NO/c1-5-18-36(19-6-1)45-35-50-51(44-28-14-13-26-41(44)45)52-48(30-17-31-49(52)55-50)54(39-24-11-4-12-25-39)40-32-33-43-42-27-15-16-29-46(42)53(47(43)34-40,37-20-7-2-8-21-37)38-22-9-3-10-23-38/h1-35H. The molecule has 1 aliphatic carbocycles. The van der Waals surface area contributed by atoms with E-state index in [1.54, 1.807) is 0 Å². The maximum atomic E-state index is 6.82. The molecule has 258 valence electrons. The second-order valence-corrected chi connectivity index (χ2v) is 14.4. The molecule has 0 unspecified atom stereocenters. The second-order valence-electron chi connectivity index (χ2n) is 14.4. The van der Waals surface area contributed by atoms with Crippen LogP contribution in [0.4, 0.5) is 17.1 Å². The van der Waals surface area contributed by atoms with Crippen LogP contribution in [0.25, 0.3) is 55.0 Å². The number of para-hydroxylation sites is 1. The van der Waals surface area contributed by atoms with Crippen molar-refractivity contribution in [2.75, 3.05) is 4.90 Å². The summed E-state index contributed by atoms with van der Waals surface area (Å²) in [5.74, 6) is 0. The molecule has 0 atom stereocenters. The molecule has 11 rings (SSSR count). The van der Waals surface area contributed by atoms with Crippen LogP contribution >= 0.6 is 0 Å². The van der Waals surface area contributed by atoms with E-state index >= 15 is 0 Å². The fourth-order valence-corrected chi connectivity index (χ4v) is 9.28. The van der Waals surface area contributed by atoms with Gasteiger partial charge < -0.3 is 9.32 Å². The molecule has 1 aromatic heterocycles. The molecule has 0 aliphatic heterocycles. The largest absolute Gasteiger partial charge is 0.456 e. The zero-order valence-electron chi connectivity index (χ0n) is 30.1. The summed E-state index contributed by atoms with van der Waals surface area (Å²) in [6.07, 6.45) is 0. The Morgan fingerprint density at radius 1 is 0.364 bits per heavy atom. The lowest BCUT2D eigenvalue weighted by Crippen LogP contribution is -2.28. The van der Waals surface area contributed by atoms with Crippen LogP contribution in [0, 0.1) is 0 Å². The number of fused-ring (bicyclic) bond motifs is 8. The first kappa shape index (κ1) is 31.4. The molecule has 0 fully saturated rings. The van der Waals surface area contributed by atoms with Crippen molar-refractivity contribution >= 4 is 49.8 Å². The van der Waals surface area contributed by atoms with Crippen molar-refractivity contribution in [3.05, 3.63) is 235 Å². The van der Waals surface area contributed by atoms with E-state index in [9.17, 15) is 0 Å². The molecule has 9 aromatic carbocycles. The molecule has 0 bridgehead atoms. The molecule has 2 heteroatoms. The van der Waals surface area contributed by atoms with Gasteiger partial charge in [-0.2, -0.15) is 0 Å². The summed E-state index contributed by atoms with van der Waals surface area (Å²) >= 11 is 0. The molecule has 0 spiro atoms. The van der Waals surface area contributed by atoms with Crippen molar-refractivity contribution < 1.29 is 4.42 Å². The van der Waals surface area contributed by atoms with Crippen LogP contribution in [-0.2, 0) is 5.41 Å². The zero-order valence-corrected chi connectivity index (χ0v) is 30.1. The number of hydrogen-bond acceptors (Lipinski definition) is 2. The van der Waals surface area contributed by atoms with Crippen molar-refractivity contribution in [3.8, 4) is 22.3 Å². The fraction of sp³-hybridized carbons (Fsp3) is 0.0189. The first-order valence-electron chi connectivity index (χ1n) is 18.9. The van der Waals surface area contributed by atoms with E-state index < -0.39 is 5.41 Å². The zero-order chi connectivity index (χ0) is 36.3. The minimum absolute atomic E-state index is 0.509. The van der Waals surface area contributed by atoms with Gasteiger partial charge in [0.15, 0.2) is 0 Å². The van der Waals surface area contributed by atoms with Gasteiger partial charge in [0.2, 0.25) is 0 Å². The highest BCUT2D eigenvalue weighted by Gasteiger charge is 2.46. The van der Waals surface area contributed by atoms with Gasteiger partial charge in [-0.3, -0.25) is 0 Å². The van der Waals surface area contributed by atoms with E-state index in [1.165, 1.54) is 55.3 Å². The third-order valence-electron chi connectivity index (χ3n) is 11.5. The van der Waals surface area contributed by atoms with Crippen LogP contribution in [0.5, 0.6) is 0 Å². The van der Waals surface area contributed by atoms with E-state index in [1.807, 2.05) is 0 Å². The smallest absolute Gasteiger partial charge is 0.137 e. The van der Waals surface area contributed by atoms with Crippen molar-refractivity contribution in [1.29, 1.82) is 0 Å². The minimum atomic E-state index is -0.509. The van der Waals surface area contributed by atoms with Crippen molar-refractivity contribution in [3.63, 3.8) is 0 Å². The quantitative estimate of drug-likeness (QED) is 0.172. The van der Waals surface area contributed by atoms with E-state index in [-0.39, 0.29) is 0 Å². The molecule has 0 N–H and O–H groups in total. The molecule has 1 heterocycles. The summed E-state index contributed by atoms with van der Waals surface area (Å²) in [7, 11) is 0. The lowest BCUT2D eigenvalue weighted by atomic mass is 9.67. The van der Waals surface area contributed by atoms with E-state index in [4.69, 9.17) is 4.42 Å². The summed E-state index contributed by atoms with van der Waals surface area (Å²) in [6, 6.07) is 76.8. The number of hydrogen-bond donors (Lipinski definition) is 0. The lowest BCUT2D eigenvalue weighted by molar-refractivity contribution is 0.669. The molecule has 2 nitrogen and oxygen atoms in total. The average Bonchev–Trinajstić information content (AvgIpc) is 3.79. The number of benzene rings is 9. The maximum absolute atomic E-state index is 6.82. The Morgan fingerprint density at radius 3 is 1.69 bits per heavy atom. The van der Waals surface area contributed by atoms with Gasteiger partial charge in [0.25, 0.3) is 0 Å². The van der Waals surface area contributed by atoms with Crippen LogP contribution in [0.3, 0.4) is 0 Å². The molecule has 0 radical (unpaired) electrons. The molecule has 1 aliphatic rings. The minimum Gasteiger partial charge on any atom is -0.456 e. The van der Waals surface area contributed by atoms with Gasteiger partial charge in [0.05, 0.1) is 16.5 Å². The first-order valence-corrected chi connectivity index (χ1v) is 18.9. The number of nitrogens with zero attached hydrogens (tertiary/aromatic N) is 1. The molecule has 10 aromatic rings. The van der Waals surface area contributed by atoms with Crippen molar-refractivity contribution in [2.45, 2.75) is 5.41 Å². The van der Waals surface area contributed by atoms with Crippen molar-refractivity contribution in [2.24, 2.45) is 0 Å². The molecule has 0 saturated heterocycles. The lowest BCUT2D eigenvalue weighted by Gasteiger charge is -2.35. The highest BCUT2D eigenvalue weighted by Crippen LogP contribution is 2.57. The summed E-state index contributed by atoms with van der Waals surface area (Å²) < 4.78 is 6.82. The van der Waals surface area contributed by atoms with Gasteiger partial charge in [0.1, 0.15) is 11.2 Å². The average molecular weight is 702 g/mol. The normalized spacial score (nSPS) is 12.9. The topological polar surface area (TPSA) is 16.4 Å². The van der Waals surface area contributed by atoms with E-state index in [0.29, 0.717) is 0 Å². The van der Waals surface area contributed by atoms with Gasteiger partial charge in [-0.15, -0.1) is 0 Å². The third-order valence-corrected chi connectivity index (χ3v) is 11.5. The molecule has 55 heavy (non-hydrogen) atoms. The first-order chi connectivity index (χ1) is 27.3. The predicted molar refractivity (Wildman–Crippen MR) is 229 cm³/mol. The summed E-state index contributed by atoms with van der Waals surface area (Å²) in [6.45, 7) is 0. The Hall–Kier alpha value is -7.16. The Labute approximate surface area is 320 Å². The van der Waals surface area contributed by atoms with Crippen LogP contribution in [-0.4, -0.2) is 0 Å². The Balaban J connectivity index is 1.21. The number of rotatable bonds is 6. The maximum Gasteiger partial charge on any atom is 0.137 e. The van der Waals surface area contributed by atoms with Gasteiger partial charge in [-0.05, 0) is 97.7 Å². The molecule has 0 saturated carbocycles. The summed E-state index contributed by atoms with van der Waals surface area (Å²) in [4.78, 5) is 2.42. The Bertz CT molecular complexity index is 2980. The highest BCUT2D eigenvalue weighted by atomic mass is 16.3. The summed E-state index contributed by atoms with van der Waals surface area (Å²) in [5.41, 5.74) is 14.4. The number of anilines is 3. The number of furan rings is 1. The fourth-order valence-electron chi connectivity index (χ4n) is 9.28. The molecular weight excluding hydrogens is 667 g/mol. The van der Waals surface area contributed by atoms with Crippen LogP contribution in [0.15, 0.2) is 217 Å². The SMILES string of the molecule is c1ccc(-c2cc3oc4cccc(N(c5ccccc5)c5ccc6c(c5)C(c5ccccc5)(c5ccccc5)c5ccccc5-6)c4c3c3ccccc23)cc1. The molecular formula is C53H35NO. The van der Waals surface area contributed by atoms with Gasteiger partial charge >= 0.3 is 0 Å². The monoisotopic (exact) mass is 701 g/mol. The summed E-state index contributed by atoms with van der Waals surface area (Å²) in [5, 5.41) is 4.60. The van der Waals surface area contributed by atoms with Crippen LogP contribution < -0.4 is 4.90 Å². The highest BCUT2D eigenvalue weighted by molar-refractivity contribution is 6.25. The second kappa shape index (κ2) is 12.5. The predicted octanol–water partition coefficient (Wildman–Crippen LogP) is 14.2. The Morgan fingerprint density at radius 2 is 0.964 bits per heavy atom. The van der Waals surface area contributed by atoms with Gasteiger partial charge in [-0.1, -0.05) is 170 Å². The van der Waals surface area contributed by atoms with E-state index in [2.05, 4.69) is 217 Å². The van der Waals surface area contributed by atoms with E-state index in [0.717, 1.165) is 39.0 Å². The third kappa shape index (κ3) is 4.68. The van der Waals surface area contributed by atoms with Crippen molar-refractivity contribution in [1.82, 2.24) is 0 Å². The van der Waals surface area contributed by atoms with Gasteiger partial charge in [0, 0.05) is 16.8 Å². The van der Waals surface area contributed by atoms with Crippen LogP contribution in [0.2, 0.25) is 0 Å². The molecule has 0 amide bonds. The van der Waals surface area contributed by atoms with Crippen LogP contribution in [0.1, 0.15) is 22.3 Å². The Kier molecular flexibility index (Phi) is 7.11.